The first kappa shape index (κ1) is 9.31. The van der Waals surface area contributed by atoms with Gasteiger partial charge in [-0.15, -0.1) is 0 Å². The summed E-state index contributed by atoms with van der Waals surface area (Å²) in [5.74, 6) is 0.643. The fourth-order valence-corrected chi connectivity index (χ4v) is 1.27. The highest BCUT2D eigenvalue weighted by Gasteiger charge is 1.97. The Labute approximate surface area is 75.6 Å². The number of hydrogen-bond donors (Lipinski definition) is 0. The van der Waals surface area contributed by atoms with Gasteiger partial charge in [-0.05, 0) is 29.9 Å². The Kier molecular flexibility index (Phi) is 3.33. The highest BCUT2D eigenvalue weighted by atomic mass is 14.0. The molecule has 1 aromatic rings. The Morgan fingerprint density at radius 1 is 1.17 bits per heavy atom. The van der Waals surface area contributed by atoms with Gasteiger partial charge >= 0.3 is 0 Å². The smallest absolute Gasteiger partial charge is 0.0219 e. The van der Waals surface area contributed by atoms with Crippen LogP contribution in [-0.2, 0) is 6.42 Å². The van der Waals surface area contributed by atoms with Crippen molar-refractivity contribution in [3.05, 3.63) is 41.8 Å². The van der Waals surface area contributed by atoms with E-state index in [2.05, 4.69) is 51.5 Å². The molecule has 0 nitrogen and oxygen atoms in total. The predicted octanol–water partition coefficient (Wildman–Crippen LogP) is 3.58. The molecule has 0 bridgehead atoms. The maximum Gasteiger partial charge on any atom is -0.0219 e. The predicted molar refractivity (Wildman–Crippen MR) is 54.2 cm³/mol. The molecular weight excluding hydrogens is 144 g/mol. The second kappa shape index (κ2) is 4.30. The van der Waals surface area contributed by atoms with Gasteiger partial charge in [-0.3, -0.25) is 0 Å². The first-order valence-electron chi connectivity index (χ1n) is 4.60. The lowest BCUT2D eigenvalue weighted by Crippen LogP contribution is -1.88. The van der Waals surface area contributed by atoms with Gasteiger partial charge in [0.05, 0.1) is 0 Å². The van der Waals surface area contributed by atoms with Crippen LogP contribution in [0, 0.1) is 6.42 Å². The van der Waals surface area contributed by atoms with Crippen molar-refractivity contribution < 1.29 is 0 Å². The van der Waals surface area contributed by atoms with Crippen LogP contribution in [0.25, 0.3) is 0 Å². The molecule has 0 aliphatic carbocycles. The lowest BCUT2D eigenvalue weighted by atomic mass is 10.0. The van der Waals surface area contributed by atoms with Gasteiger partial charge in [-0.1, -0.05) is 45.0 Å². The first-order chi connectivity index (χ1) is 5.74. The third-order valence-electron chi connectivity index (χ3n) is 2.09. The summed E-state index contributed by atoms with van der Waals surface area (Å²) in [6.45, 7) is 6.54. The molecule has 0 heterocycles. The van der Waals surface area contributed by atoms with E-state index in [9.17, 15) is 0 Å². The van der Waals surface area contributed by atoms with E-state index in [1.165, 1.54) is 11.1 Å². The minimum absolute atomic E-state index is 0.643. The summed E-state index contributed by atoms with van der Waals surface area (Å²) < 4.78 is 0. The quantitative estimate of drug-likeness (QED) is 0.635. The molecule has 0 amide bonds. The highest BCUT2D eigenvalue weighted by molar-refractivity contribution is 5.25. The summed E-state index contributed by atoms with van der Waals surface area (Å²) >= 11 is 0. The van der Waals surface area contributed by atoms with Crippen molar-refractivity contribution >= 4 is 0 Å². The summed E-state index contributed by atoms with van der Waals surface area (Å²) in [6.07, 6.45) is 3.27. The molecule has 0 aromatic heterocycles. The van der Waals surface area contributed by atoms with E-state index >= 15 is 0 Å². The van der Waals surface area contributed by atoms with Crippen LogP contribution in [0.3, 0.4) is 0 Å². The molecule has 0 heteroatoms. The molecule has 0 aliphatic heterocycles. The van der Waals surface area contributed by atoms with Gasteiger partial charge in [-0.25, -0.2) is 0 Å². The minimum Gasteiger partial charge on any atom is -0.0619 e. The molecular formula is C12H17. The molecule has 0 fully saturated rings. The third-order valence-corrected chi connectivity index (χ3v) is 2.09. The van der Waals surface area contributed by atoms with E-state index in [1.54, 1.807) is 0 Å². The van der Waals surface area contributed by atoms with Crippen LogP contribution in [0.5, 0.6) is 0 Å². The zero-order valence-corrected chi connectivity index (χ0v) is 8.17. The van der Waals surface area contributed by atoms with Crippen LogP contribution in [0.15, 0.2) is 24.3 Å². The number of hydrogen-bond acceptors (Lipinski definition) is 0. The van der Waals surface area contributed by atoms with Crippen LogP contribution in [0.4, 0.5) is 0 Å². The molecule has 0 N–H and O–H groups in total. The summed E-state index contributed by atoms with van der Waals surface area (Å²) in [6, 6.07) is 8.89. The van der Waals surface area contributed by atoms with E-state index < -0.39 is 0 Å². The van der Waals surface area contributed by atoms with Gasteiger partial charge in [-0.2, -0.15) is 0 Å². The lowest BCUT2D eigenvalue weighted by Gasteiger charge is -2.05. The van der Waals surface area contributed by atoms with Gasteiger partial charge < -0.3 is 0 Å². The van der Waals surface area contributed by atoms with Crippen molar-refractivity contribution in [2.24, 2.45) is 0 Å². The van der Waals surface area contributed by atoms with Crippen molar-refractivity contribution in [1.29, 1.82) is 0 Å². The van der Waals surface area contributed by atoms with Crippen LogP contribution in [0.1, 0.15) is 37.8 Å². The summed E-state index contributed by atoms with van der Waals surface area (Å²) in [5.41, 5.74) is 2.83. The molecule has 1 aromatic carbocycles. The fraction of sp³-hybridized carbons (Fsp3) is 0.417. The zero-order valence-electron chi connectivity index (χ0n) is 8.17. The first-order valence-corrected chi connectivity index (χ1v) is 4.60. The molecule has 12 heavy (non-hydrogen) atoms. The van der Waals surface area contributed by atoms with E-state index in [0.29, 0.717) is 5.92 Å². The Bertz CT molecular complexity index is 218. The van der Waals surface area contributed by atoms with Crippen LogP contribution < -0.4 is 0 Å². The summed E-state index contributed by atoms with van der Waals surface area (Å²) in [4.78, 5) is 0. The topological polar surface area (TPSA) is 0 Å². The standard InChI is InChI=1S/C12H17/c1-4-5-11-6-8-12(9-7-11)10(2)3/h4,6-10H,5H2,1-3H3. The van der Waals surface area contributed by atoms with Gasteiger partial charge in [0, 0.05) is 0 Å². The Hall–Kier alpha value is -0.780. The second-order valence-electron chi connectivity index (χ2n) is 3.51. The van der Waals surface area contributed by atoms with E-state index in [4.69, 9.17) is 0 Å². The van der Waals surface area contributed by atoms with E-state index in [1.807, 2.05) is 0 Å². The maximum absolute atomic E-state index is 2.23. The molecule has 0 aliphatic rings. The van der Waals surface area contributed by atoms with Gasteiger partial charge in [0.2, 0.25) is 0 Å². The van der Waals surface area contributed by atoms with Gasteiger partial charge in [0.25, 0.3) is 0 Å². The van der Waals surface area contributed by atoms with E-state index in [0.717, 1.165) is 6.42 Å². The molecule has 0 saturated heterocycles. The second-order valence-corrected chi connectivity index (χ2v) is 3.51. The maximum atomic E-state index is 2.23. The molecule has 0 atom stereocenters. The molecule has 0 unspecified atom stereocenters. The molecule has 1 radical (unpaired) electrons. The van der Waals surface area contributed by atoms with Crippen molar-refractivity contribution in [3.8, 4) is 0 Å². The average molecular weight is 161 g/mol. The Morgan fingerprint density at radius 3 is 2.17 bits per heavy atom. The normalized spacial score (nSPS) is 10.7. The van der Waals surface area contributed by atoms with Crippen molar-refractivity contribution in [2.45, 2.75) is 33.1 Å². The Balaban J connectivity index is 2.71. The zero-order chi connectivity index (χ0) is 8.97. The molecule has 0 spiro atoms. The van der Waals surface area contributed by atoms with Crippen LogP contribution in [-0.4, -0.2) is 0 Å². The molecule has 65 valence electrons. The summed E-state index contributed by atoms with van der Waals surface area (Å²) in [7, 11) is 0. The van der Waals surface area contributed by atoms with Crippen molar-refractivity contribution in [1.82, 2.24) is 0 Å². The molecule has 1 rings (SSSR count). The summed E-state index contributed by atoms with van der Waals surface area (Å²) in [5, 5.41) is 0. The fourth-order valence-electron chi connectivity index (χ4n) is 1.27. The van der Waals surface area contributed by atoms with Crippen LogP contribution in [0.2, 0.25) is 0 Å². The number of rotatable bonds is 3. The van der Waals surface area contributed by atoms with Gasteiger partial charge in [0.1, 0.15) is 0 Å². The van der Waals surface area contributed by atoms with Crippen LogP contribution >= 0.6 is 0 Å². The Morgan fingerprint density at radius 2 is 1.75 bits per heavy atom. The van der Waals surface area contributed by atoms with Crippen molar-refractivity contribution in [2.75, 3.05) is 0 Å². The van der Waals surface area contributed by atoms with Crippen molar-refractivity contribution in [3.63, 3.8) is 0 Å². The SMILES string of the molecule is C[CH]Cc1ccc(C(C)C)cc1. The average Bonchev–Trinajstić information content (AvgIpc) is 2.06. The monoisotopic (exact) mass is 161 g/mol. The largest absolute Gasteiger partial charge is 0.0619 e. The van der Waals surface area contributed by atoms with Gasteiger partial charge in [0.15, 0.2) is 0 Å². The number of benzene rings is 1. The highest BCUT2D eigenvalue weighted by Crippen LogP contribution is 2.14. The third kappa shape index (κ3) is 2.37. The van der Waals surface area contributed by atoms with E-state index in [-0.39, 0.29) is 0 Å². The minimum atomic E-state index is 0.643. The molecule has 0 saturated carbocycles. The lowest BCUT2D eigenvalue weighted by molar-refractivity contribution is 0.865.